The molecule has 2 aliphatic heterocycles. The topological polar surface area (TPSA) is 65.1 Å². The minimum atomic E-state index is -0.365. The van der Waals surface area contributed by atoms with Crippen molar-refractivity contribution in [2.75, 3.05) is 0 Å². The normalized spacial score (nSPS) is 43.3. The highest BCUT2D eigenvalue weighted by Gasteiger charge is 2.61. The van der Waals surface area contributed by atoms with Gasteiger partial charge in [0, 0.05) is 18.4 Å². The molecular formula is C17H22O5. The molecule has 22 heavy (non-hydrogen) atoms. The van der Waals surface area contributed by atoms with Gasteiger partial charge < -0.3 is 14.2 Å². The number of esters is 2. The third kappa shape index (κ3) is 2.58. The van der Waals surface area contributed by atoms with Crippen molar-refractivity contribution in [2.24, 2.45) is 5.92 Å². The Morgan fingerprint density at radius 2 is 2.23 bits per heavy atom. The Kier molecular flexibility index (Phi) is 3.63. The van der Waals surface area contributed by atoms with Crippen molar-refractivity contribution in [3.8, 4) is 0 Å². The van der Waals surface area contributed by atoms with Crippen LogP contribution in [0.4, 0.5) is 0 Å². The molecule has 0 aromatic heterocycles. The highest BCUT2D eigenvalue weighted by atomic mass is 16.6. The lowest BCUT2D eigenvalue weighted by atomic mass is 9.83. The highest BCUT2D eigenvalue weighted by Crippen LogP contribution is 2.50. The van der Waals surface area contributed by atoms with E-state index in [2.05, 4.69) is 19.6 Å². The Balaban J connectivity index is 1.91. The second-order valence-electron chi connectivity index (χ2n) is 6.67. The molecule has 0 N–H and O–H groups in total. The molecule has 0 bridgehead atoms. The fraction of sp³-hybridized carbons (Fsp3) is 0.647. The van der Waals surface area contributed by atoms with Gasteiger partial charge in [0.1, 0.15) is 18.3 Å². The molecule has 120 valence electrons. The minimum Gasteiger partial charge on any atom is -0.458 e. The molecule has 1 aliphatic carbocycles. The van der Waals surface area contributed by atoms with Crippen LogP contribution < -0.4 is 0 Å². The first-order valence-electron chi connectivity index (χ1n) is 7.73. The molecule has 2 fully saturated rings. The highest BCUT2D eigenvalue weighted by molar-refractivity contribution is 5.91. The average Bonchev–Trinajstić information content (AvgIpc) is 3.02. The van der Waals surface area contributed by atoms with Crippen molar-refractivity contribution in [3.05, 3.63) is 23.8 Å². The van der Waals surface area contributed by atoms with E-state index in [-0.39, 0.29) is 41.8 Å². The van der Waals surface area contributed by atoms with Gasteiger partial charge in [0.2, 0.25) is 0 Å². The number of ether oxygens (including phenoxy) is 3. The van der Waals surface area contributed by atoms with Crippen LogP contribution in [0.15, 0.2) is 23.8 Å². The Labute approximate surface area is 130 Å². The van der Waals surface area contributed by atoms with Gasteiger partial charge in [0.25, 0.3) is 0 Å². The second-order valence-corrected chi connectivity index (χ2v) is 6.67. The van der Waals surface area contributed by atoms with Crippen molar-refractivity contribution < 1.29 is 23.8 Å². The summed E-state index contributed by atoms with van der Waals surface area (Å²) in [7, 11) is 0. The zero-order valence-corrected chi connectivity index (χ0v) is 13.3. The molecule has 3 rings (SSSR count). The van der Waals surface area contributed by atoms with E-state index in [9.17, 15) is 9.59 Å². The van der Waals surface area contributed by atoms with Gasteiger partial charge in [-0.3, -0.25) is 4.79 Å². The monoisotopic (exact) mass is 306 g/mol. The third-order valence-electron chi connectivity index (χ3n) is 4.98. The lowest BCUT2D eigenvalue weighted by Crippen LogP contribution is -2.32. The maximum absolute atomic E-state index is 11.9. The number of allylic oxidation sites excluding steroid dienone is 1. The van der Waals surface area contributed by atoms with Crippen LogP contribution in [0.3, 0.4) is 0 Å². The van der Waals surface area contributed by atoms with Crippen LogP contribution in [0.5, 0.6) is 0 Å². The van der Waals surface area contributed by atoms with Crippen LogP contribution in [-0.4, -0.2) is 35.9 Å². The summed E-state index contributed by atoms with van der Waals surface area (Å²) in [5, 5.41) is 0. The largest absolute Gasteiger partial charge is 0.458 e. The number of rotatable bonds is 1. The Morgan fingerprint density at radius 1 is 1.50 bits per heavy atom. The Bertz CT molecular complexity index is 563. The van der Waals surface area contributed by atoms with Crippen molar-refractivity contribution >= 4 is 11.9 Å². The third-order valence-corrected chi connectivity index (χ3v) is 4.98. The fourth-order valence-electron chi connectivity index (χ4n) is 3.53. The molecule has 0 aromatic carbocycles. The molecule has 5 atom stereocenters. The molecule has 5 heteroatoms. The quantitative estimate of drug-likeness (QED) is 0.322. The molecule has 0 unspecified atom stereocenters. The molecule has 0 aromatic rings. The van der Waals surface area contributed by atoms with E-state index in [1.807, 2.05) is 6.92 Å². The van der Waals surface area contributed by atoms with Gasteiger partial charge in [-0.25, -0.2) is 4.79 Å². The van der Waals surface area contributed by atoms with Gasteiger partial charge in [0.15, 0.2) is 0 Å². The van der Waals surface area contributed by atoms with Crippen LogP contribution in [0.1, 0.15) is 40.0 Å². The molecule has 2 saturated heterocycles. The van der Waals surface area contributed by atoms with Crippen molar-refractivity contribution in [1.29, 1.82) is 0 Å². The van der Waals surface area contributed by atoms with Crippen LogP contribution in [0.25, 0.3) is 0 Å². The number of hydrogen-bond donors (Lipinski definition) is 0. The lowest BCUT2D eigenvalue weighted by molar-refractivity contribution is -0.146. The van der Waals surface area contributed by atoms with Crippen molar-refractivity contribution in [1.82, 2.24) is 0 Å². The summed E-state index contributed by atoms with van der Waals surface area (Å²) in [6.45, 7) is 9.28. The maximum atomic E-state index is 11.9. The van der Waals surface area contributed by atoms with E-state index in [0.29, 0.717) is 12.0 Å². The smallest absolute Gasteiger partial charge is 0.334 e. The van der Waals surface area contributed by atoms with E-state index < -0.39 is 0 Å². The number of carbonyl (C=O) groups is 2. The maximum Gasteiger partial charge on any atom is 0.334 e. The molecule has 0 spiro atoms. The summed E-state index contributed by atoms with van der Waals surface area (Å²) in [5.74, 6) is -0.866. The average molecular weight is 306 g/mol. The van der Waals surface area contributed by atoms with Crippen LogP contribution >= 0.6 is 0 Å². The predicted octanol–water partition coefficient (Wildman–Crippen LogP) is 2.30. The molecular weight excluding hydrogens is 284 g/mol. The standard InChI is InChI=1S/C17H22O5/c1-9-6-5-7-17(4)15(22-17)14-12(10(2)16(19)21-14)8-13(9)20-11(3)18/h6,12-15H,2,5,7-8H2,1,3-4H3/b9-6+/t12-,13-,14-,15-,17-/m0/s1. The van der Waals surface area contributed by atoms with Gasteiger partial charge >= 0.3 is 11.9 Å². The summed E-state index contributed by atoms with van der Waals surface area (Å²) in [6, 6.07) is 0. The van der Waals surface area contributed by atoms with Gasteiger partial charge in [-0.2, -0.15) is 0 Å². The van der Waals surface area contributed by atoms with Gasteiger partial charge in [-0.1, -0.05) is 12.7 Å². The van der Waals surface area contributed by atoms with Gasteiger partial charge in [0.05, 0.1) is 5.60 Å². The Morgan fingerprint density at radius 3 is 2.91 bits per heavy atom. The van der Waals surface area contributed by atoms with E-state index in [1.165, 1.54) is 6.92 Å². The van der Waals surface area contributed by atoms with E-state index in [4.69, 9.17) is 14.2 Å². The number of fused-ring (bicyclic) bond motifs is 3. The van der Waals surface area contributed by atoms with Crippen LogP contribution in [-0.2, 0) is 23.8 Å². The fourth-order valence-corrected chi connectivity index (χ4v) is 3.53. The summed E-state index contributed by atoms with van der Waals surface area (Å²) < 4.78 is 16.8. The lowest BCUT2D eigenvalue weighted by Gasteiger charge is -2.25. The second kappa shape index (κ2) is 5.23. The molecule has 0 radical (unpaired) electrons. The number of hydrogen-bond acceptors (Lipinski definition) is 5. The Hall–Kier alpha value is -1.62. The zero-order chi connectivity index (χ0) is 16.1. The van der Waals surface area contributed by atoms with E-state index in [1.54, 1.807) is 0 Å². The zero-order valence-electron chi connectivity index (χ0n) is 13.3. The summed E-state index contributed by atoms with van der Waals surface area (Å²) in [6.07, 6.45) is 3.54. The molecule has 0 saturated carbocycles. The van der Waals surface area contributed by atoms with Crippen LogP contribution in [0.2, 0.25) is 0 Å². The SMILES string of the molecule is C=C1C(=O)O[C@H]2[C@H]1C[C@H](OC(C)=O)/C(C)=C/CC[C@]1(C)O[C@@H]21. The van der Waals surface area contributed by atoms with Crippen molar-refractivity contribution in [3.63, 3.8) is 0 Å². The first-order chi connectivity index (χ1) is 10.3. The molecule has 0 amide bonds. The van der Waals surface area contributed by atoms with Gasteiger partial charge in [-0.15, -0.1) is 0 Å². The predicted molar refractivity (Wildman–Crippen MR) is 79.0 cm³/mol. The molecule has 3 aliphatic rings. The minimum absolute atomic E-state index is 0.0921. The van der Waals surface area contributed by atoms with E-state index in [0.717, 1.165) is 18.4 Å². The van der Waals surface area contributed by atoms with Crippen molar-refractivity contribution in [2.45, 2.75) is 63.9 Å². The first kappa shape index (κ1) is 15.3. The molecule has 2 heterocycles. The summed E-state index contributed by atoms with van der Waals surface area (Å²) in [5.41, 5.74) is 1.22. The van der Waals surface area contributed by atoms with E-state index >= 15 is 0 Å². The van der Waals surface area contributed by atoms with Gasteiger partial charge in [-0.05, 0) is 38.7 Å². The number of epoxide rings is 1. The summed E-state index contributed by atoms with van der Waals surface area (Å²) >= 11 is 0. The summed E-state index contributed by atoms with van der Waals surface area (Å²) in [4.78, 5) is 23.3. The molecule has 5 nitrogen and oxygen atoms in total. The first-order valence-corrected chi connectivity index (χ1v) is 7.73. The number of carbonyl (C=O) groups excluding carboxylic acids is 2. The van der Waals surface area contributed by atoms with Crippen LogP contribution in [0, 0.1) is 5.92 Å².